The number of rotatable bonds is 3. The van der Waals surface area contributed by atoms with Crippen LogP contribution in [0.25, 0.3) is 4.85 Å². The zero-order valence-corrected chi connectivity index (χ0v) is 50.2. The van der Waals surface area contributed by atoms with Gasteiger partial charge in [-0.25, -0.2) is 26.8 Å². The fourth-order valence-electron chi connectivity index (χ4n) is 5.38. The van der Waals surface area contributed by atoms with E-state index in [2.05, 4.69) is 84.5 Å². The van der Waals surface area contributed by atoms with Gasteiger partial charge in [0.15, 0.2) is 0 Å². The van der Waals surface area contributed by atoms with Gasteiger partial charge in [0.2, 0.25) is 5.69 Å². The molecule has 0 atom stereocenters. The predicted octanol–water partition coefficient (Wildman–Crippen LogP) is 18.8. The van der Waals surface area contributed by atoms with Gasteiger partial charge in [-0.15, -0.1) is 0 Å². The summed E-state index contributed by atoms with van der Waals surface area (Å²) in [6.07, 6.45) is -20.4. The molecule has 4 N–H and O–H groups in total. The van der Waals surface area contributed by atoms with E-state index in [0.717, 1.165) is 43.5 Å². The zero-order chi connectivity index (χ0) is 60.4. The molecule has 6 rings (SSSR count). The Morgan fingerprint density at radius 2 is 0.835 bits per heavy atom. The number of alkyl halides is 15. The van der Waals surface area contributed by atoms with E-state index in [4.69, 9.17) is 34.6 Å². The zero-order valence-electron chi connectivity index (χ0n) is 39.1. The van der Waals surface area contributed by atoms with Crippen molar-refractivity contribution in [3.05, 3.63) is 173 Å². The summed E-state index contributed by atoms with van der Waals surface area (Å²) >= 11 is 15.6. The first-order valence-corrected chi connectivity index (χ1v) is 24.8. The summed E-state index contributed by atoms with van der Waals surface area (Å²) in [5.74, 6) is -4.76. The Morgan fingerprint density at radius 1 is 0.532 bits per heavy atom. The molecule has 1 fully saturated rings. The Kier molecular flexibility index (Phi) is 35.8. The number of benzene rings is 5. The Bertz CT molecular complexity index is 2740. The second kappa shape index (κ2) is 35.3. The maximum absolute atomic E-state index is 12.9. The molecule has 0 unspecified atom stereocenters. The van der Waals surface area contributed by atoms with E-state index in [0.29, 0.717) is 30.3 Å². The first-order valence-electron chi connectivity index (χ1n) is 19.8. The maximum Gasteiger partial charge on any atom is 1.00 e. The largest absolute Gasteiger partial charge is 1.00 e. The second-order valence-corrected chi connectivity index (χ2v) is 19.9. The summed E-state index contributed by atoms with van der Waals surface area (Å²) < 4.78 is 253. The molecule has 1 heterocycles. The fourth-order valence-corrected chi connectivity index (χ4v) is 8.54. The smallest absolute Gasteiger partial charge is 0.512 e. The van der Waals surface area contributed by atoms with E-state index in [1.165, 1.54) is 35.4 Å². The minimum atomic E-state index is -4.72. The van der Waals surface area contributed by atoms with Crippen LogP contribution in [0.5, 0.6) is 0 Å². The van der Waals surface area contributed by atoms with Crippen LogP contribution in [0.3, 0.4) is 0 Å². The quantitative estimate of drug-likeness (QED) is 0.0469. The summed E-state index contributed by atoms with van der Waals surface area (Å²) in [6, 6.07) is 6.79. The van der Waals surface area contributed by atoms with Gasteiger partial charge in [0.05, 0.1) is 40.1 Å². The average molecular weight is 1640 g/mol. The van der Waals surface area contributed by atoms with Crippen molar-refractivity contribution >= 4 is 122 Å². The summed E-state index contributed by atoms with van der Waals surface area (Å²) in [6.45, 7) is 13.1. The average Bonchev–Trinajstić information content (AvgIpc) is 3.87. The van der Waals surface area contributed by atoms with Gasteiger partial charge in [0.1, 0.15) is 29.1 Å². The third-order valence-electron chi connectivity index (χ3n) is 8.58. The molecule has 79 heavy (non-hydrogen) atoms. The number of hydrogen-bond acceptors (Lipinski definition) is 5. The van der Waals surface area contributed by atoms with Gasteiger partial charge < -0.3 is 32.9 Å². The monoisotopic (exact) mass is 1630 g/mol. The van der Waals surface area contributed by atoms with Crippen molar-refractivity contribution in [1.82, 2.24) is 4.90 Å². The molecule has 1 aliphatic heterocycles. The van der Waals surface area contributed by atoms with Crippen molar-refractivity contribution in [2.45, 2.75) is 56.8 Å². The number of hydrogen-bond donors (Lipinski definition) is 2. The van der Waals surface area contributed by atoms with E-state index in [9.17, 15) is 87.8 Å². The third-order valence-corrected chi connectivity index (χ3v) is 13.8. The number of anilines is 1. The molecule has 3 radical (unpaired) electrons. The molecule has 0 aliphatic carbocycles. The van der Waals surface area contributed by atoms with E-state index in [1.54, 1.807) is 19.0 Å². The molecular formula is C45H32BBr5CuF20IN5O. The molecule has 1 aliphatic rings. The molecule has 439 valence electrons. The molecule has 0 spiro atoms. The minimum Gasteiger partial charge on any atom is -0.512 e. The molecular weight excluding hydrogens is 1610 g/mol. The van der Waals surface area contributed by atoms with E-state index in [1.807, 2.05) is 0 Å². The van der Waals surface area contributed by atoms with Gasteiger partial charge in [-0.3, -0.25) is 0 Å². The second-order valence-electron chi connectivity index (χ2n) is 14.6. The van der Waals surface area contributed by atoms with E-state index >= 15 is 0 Å². The third kappa shape index (κ3) is 27.8. The van der Waals surface area contributed by atoms with Crippen LogP contribution in [0.15, 0.2) is 83.0 Å². The summed E-state index contributed by atoms with van der Waals surface area (Å²) in [5, 5.41) is 6.25. The molecule has 5 aromatic rings. The van der Waals surface area contributed by atoms with Crippen molar-refractivity contribution in [1.29, 1.82) is 5.26 Å². The van der Waals surface area contributed by atoms with Gasteiger partial charge in [-0.2, -0.15) is 65.9 Å². The van der Waals surface area contributed by atoms with Gasteiger partial charge in [0, 0.05) is 60.7 Å². The van der Waals surface area contributed by atoms with Gasteiger partial charge in [-0.1, -0.05) is 47.8 Å². The Balaban J connectivity index is -0.000000881. The number of nitrogens with two attached hydrogens (primary N) is 2. The number of ether oxygens (including phenoxy) is 1. The molecule has 34 heteroatoms. The molecule has 0 saturated carbocycles. The molecule has 5 aromatic carbocycles. The van der Waals surface area contributed by atoms with Gasteiger partial charge in [-0.05, 0) is 153 Å². The van der Waals surface area contributed by atoms with Crippen LogP contribution in [0.4, 0.5) is 99.2 Å². The van der Waals surface area contributed by atoms with Crippen molar-refractivity contribution in [3.8, 4) is 0 Å². The van der Waals surface area contributed by atoms with Crippen molar-refractivity contribution in [2.24, 2.45) is 5.73 Å². The van der Waals surface area contributed by atoms with Crippen LogP contribution in [0.2, 0.25) is 0 Å². The van der Waals surface area contributed by atoms with Gasteiger partial charge >= 0.3 is 48.0 Å². The SMILES string of the molecule is C1CCOC1.CN(C)Cc1c(Br)cc(F)cc1C(F)(F)F.Fc1cc(Br)c(I)c(C(F)(F)F)c1.NCc1c(Br)cc(F)cc1C(F)(F)F.Nc1c(Br)cc(F)cc1C(F)(F)F.[B].[C-]#N.[C-]#[N+]c1c(Br)cc(F)cc1C(F)(F)F.[Cu+]. The first-order chi connectivity index (χ1) is 35.1. The summed E-state index contributed by atoms with van der Waals surface area (Å²) in [7, 11) is 3.30. The van der Waals surface area contributed by atoms with Crippen LogP contribution in [-0.2, 0) is 65.8 Å². The van der Waals surface area contributed by atoms with Crippen molar-refractivity contribution < 1.29 is 110 Å². The van der Waals surface area contributed by atoms with Gasteiger partial charge in [0.25, 0.3) is 0 Å². The first kappa shape index (κ1) is 80.3. The molecule has 0 aromatic heterocycles. The van der Waals surface area contributed by atoms with Crippen LogP contribution < -0.4 is 11.5 Å². The fraction of sp³-hybridized carbons (Fsp3) is 0.289. The molecule has 6 nitrogen and oxygen atoms in total. The van der Waals surface area contributed by atoms with Crippen LogP contribution in [0.1, 0.15) is 51.8 Å². The van der Waals surface area contributed by atoms with E-state index < -0.39 is 99.2 Å². The van der Waals surface area contributed by atoms with E-state index in [-0.39, 0.29) is 75.6 Å². The van der Waals surface area contributed by atoms with Crippen molar-refractivity contribution in [3.63, 3.8) is 0 Å². The molecule has 1 saturated heterocycles. The standard InChI is InChI=1S/C10H10BrF4N.C8H2BrF4N.C8H6BrF4N.C7H2BrF4I.C7H4BrF4N.C4H8O.CN.B.Cu/c1-16(2)5-7-8(10(13,14)15)3-6(12)4-9(7)11;1-14-7-5(8(11,12)13)2-4(10)3-6(7)9;9-7-2-4(10)1-6(5(7)3-14)8(11,12)13;2*8-5-2-3(9)1-4(6(5)13)7(10,11)12;1-2-4-5-3-1;1-2;;/h3-4H,5H2,1-2H3;2-3H;1-2H,3,14H2;1-2H;1-2H,13H2;1-4H2;;;/q;;;;;;-1;;+1. The normalized spacial score (nSPS) is 12.0. The number of nitrogen functional groups attached to an aromatic ring is 1. The minimum absolute atomic E-state index is 0. The van der Waals surface area contributed by atoms with Crippen molar-refractivity contribution in [2.75, 3.05) is 33.0 Å². The summed E-state index contributed by atoms with van der Waals surface area (Å²) in [5.41, 5.74) is 3.66. The molecule has 0 bridgehead atoms. The Hall–Kier alpha value is -2.93. The predicted molar refractivity (Wildman–Crippen MR) is 275 cm³/mol. The number of halogens is 26. The van der Waals surface area contributed by atoms with Crippen LogP contribution >= 0.6 is 102 Å². The number of nitrogens with zero attached hydrogens (tertiary/aromatic N) is 3. The van der Waals surface area contributed by atoms with Crippen LogP contribution in [-0.4, -0.2) is 40.6 Å². The van der Waals surface area contributed by atoms with Crippen LogP contribution in [0, 0.1) is 51.1 Å². The Morgan fingerprint density at radius 3 is 1.16 bits per heavy atom. The maximum atomic E-state index is 12.9. The topological polar surface area (TPSA) is 92.7 Å². The molecule has 0 amide bonds. The summed E-state index contributed by atoms with van der Waals surface area (Å²) in [4.78, 5) is 4.28. The Labute approximate surface area is 506 Å².